The quantitative estimate of drug-likeness (QED) is 0.729. The van der Waals surface area contributed by atoms with Crippen molar-refractivity contribution in [2.75, 3.05) is 6.54 Å². The van der Waals surface area contributed by atoms with Crippen LogP contribution in [0, 0.1) is 6.92 Å². The number of hydrogen-bond acceptors (Lipinski definition) is 2. The van der Waals surface area contributed by atoms with Crippen molar-refractivity contribution in [3.05, 3.63) is 81.1 Å². The zero-order valence-electron chi connectivity index (χ0n) is 14.5. The Bertz CT molecular complexity index is 1040. The lowest BCUT2D eigenvalue weighted by molar-refractivity contribution is -0.137. The molecule has 1 heterocycles. The van der Waals surface area contributed by atoms with Gasteiger partial charge in [0, 0.05) is 23.2 Å². The summed E-state index contributed by atoms with van der Waals surface area (Å²) in [5, 5.41) is 3.60. The van der Waals surface area contributed by atoms with Crippen molar-refractivity contribution >= 4 is 16.8 Å². The Morgan fingerprint density at radius 1 is 1.07 bits per heavy atom. The second-order valence-corrected chi connectivity index (χ2v) is 6.28. The lowest BCUT2D eigenvalue weighted by Crippen LogP contribution is -2.25. The number of aromatic nitrogens is 1. The molecular weight excluding hydrogens is 357 g/mol. The minimum absolute atomic E-state index is 0.126. The van der Waals surface area contributed by atoms with Gasteiger partial charge in [0.25, 0.3) is 11.5 Å². The van der Waals surface area contributed by atoms with Crippen LogP contribution < -0.4 is 10.9 Å². The van der Waals surface area contributed by atoms with E-state index in [1.807, 2.05) is 18.2 Å². The maximum absolute atomic E-state index is 12.5. The van der Waals surface area contributed by atoms with Gasteiger partial charge < -0.3 is 10.3 Å². The number of carbonyl (C=O) groups excluding carboxylic acids is 1. The molecule has 2 N–H and O–H groups in total. The molecule has 0 radical (unpaired) electrons. The summed E-state index contributed by atoms with van der Waals surface area (Å²) in [6, 6.07) is 11.5. The fraction of sp³-hybridized carbons (Fsp3) is 0.200. The highest BCUT2D eigenvalue weighted by Gasteiger charge is 2.30. The molecule has 7 heteroatoms. The standard InChI is InChI=1S/C20H17F3N2O2/c1-12-10-15-11-13(2-7-17(15)25-18(12)26)8-9-24-19(27)14-3-5-16(6-4-14)20(21,22)23/h2-7,10-11H,8-9H2,1H3,(H,24,27)(H,25,26). The van der Waals surface area contributed by atoms with Gasteiger partial charge in [-0.05, 0) is 66.8 Å². The fourth-order valence-electron chi connectivity index (χ4n) is 2.75. The Morgan fingerprint density at radius 3 is 2.44 bits per heavy atom. The topological polar surface area (TPSA) is 62.0 Å². The number of nitrogens with one attached hydrogen (secondary N) is 2. The molecule has 0 atom stereocenters. The van der Waals surface area contributed by atoms with Crippen molar-refractivity contribution in [2.24, 2.45) is 0 Å². The predicted molar refractivity (Wildman–Crippen MR) is 96.8 cm³/mol. The first-order chi connectivity index (χ1) is 12.7. The van der Waals surface area contributed by atoms with E-state index in [2.05, 4.69) is 10.3 Å². The summed E-state index contributed by atoms with van der Waals surface area (Å²) in [5.41, 5.74) is 1.59. The Morgan fingerprint density at radius 2 is 1.78 bits per heavy atom. The maximum atomic E-state index is 12.5. The number of aryl methyl sites for hydroxylation is 1. The van der Waals surface area contributed by atoms with E-state index in [4.69, 9.17) is 0 Å². The monoisotopic (exact) mass is 374 g/mol. The van der Waals surface area contributed by atoms with Crippen molar-refractivity contribution in [1.82, 2.24) is 10.3 Å². The molecule has 27 heavy (non-hydrogen) atoms. The van der Waals surface area contributed by atoms with Crippen molar-refractivity contribution in [3.63, 3.8) is 0 Å². The molecule has 1 aromatic heterocycles. The van der Waals surface area contributed by atoms with Crippen LogP contribution in [0.3, 0.4) is 0 Å². The van der Waals surface area contributed by atoms with E-state index in [0.29, 0.717) is 18.5 Å². The molecule has 0 aliphatic carbocycles. The van der Waals surface area contributed by atoms with Gasteiger partial charge in [0.15, 0.2) is 0 Å². The summed E-state index contributed by atoms with van der Waals surface area (Å²) in [5.74, 6) is -0.426. The zero-order chi connectivity index (χ0) is 19.6. The van der Waals surface area contributed by atoms with E-state index in [1.165, 1.54) is 0 Å². The van der Waals surface area contributed by atoms with Crippen LogP contribution in [0.15, 0.2) is 53.3 Å². The first-order valence-corrected chi connectivity index (χ1v) is 8.32. The van der Waals surface area contributed by atoms with E-state index >= 15 is 0 Å². The third-order valence-corrected chi connectivity index (χ3v) is 4.27. The molecular formula is C20H17F3N2O2. The van der Waals surface area contributed by atoms with Gasteiger partial charge in [0.2, 0.25) is 0 Å². The molecule has 0 aliphatic heterocycles. The Hall–Kier alpha value is -3.09. The number of rotatable bonds is 4. The normalized spacial score (nSPS) is 11.6. The lowest BCUT2D eigenvalue weighted by Gasteiger charge is -2.09. The third kappa shape index (κ3) is 4.36. The van der Waals surface area contributed by atoms with Crippen LogP contribution in [0.2, 0.25) is 0 Å². The average Bonchev–Trinajstić information content (AvgIpc) is 2.62. The number of pyridine rings is 1. The van der Waals surface area contributed by atoms with Gasteiger partial charge in [-0.2, -0.15) is 13.2 Å². The van der Waals surface area contributed by atoms with Crippen LogP contribution in [0.5, 0.6) is 0 Å². The van der Waals surface area contributed by atoms with Gasteiger partial charge in [0.05, 0.1) is 5.56 Å². The van der Waals surface area contributed by atoms with Gasteiger partial charge in [-0.25, -0.2) is 0 Å². The summed E-state index contributed by atoms with van der Waals surface area (Å²) >= 11 is 0. The number of carbonyl (C=O) groups is 1. The van der Waals surface area contributed by atoms with E-state index < -0.39 is 17.6 Å². The van der Waals surface area contributed by atoms with Crippen LogP contribution >= 0.6 is 0 Å². The molecule has 0 saturated carbocycles. The minimum atomic E-state index is -4.42. The van der Waals surface area contributed by atoms with Gasteiger partial charge in [-0.15, -0.1) is 0 Å². The molecule has 0 saturated heterocycles. The molecule has 140 valence electrons. The predicted octanol–water partition coefficient (Wildman–Crippen LogP) is 3.83. The first kappa shape index (κ1) is 18.7. The van der Waals surface area contributed by atoms with Crippen LogP contribution in [0.4, 0.5) is 13.2 Å². The summed E-state index contributed by atoms with van der Waals surface area (Å²) in [6.07, 6.45) is -3.87. The van der Waals surface area contributed by atoms with Crippen molar-refractivity contribution < 1.29 is 18.0 Å². The number of H-pyrrole nitrogens is 1. The molecule has 0 fully saturated rings. The number of hydrogen-bond donors (Lipinski definition) is 2. The van der Waals surface area contributed by atoms with Gasteiger partial charge >= 0.3 is 6.18 Å². The Balaban J connectivity index is 1.62. The van der Waals surface area contributed by atoms with E-state index in [-0.39, 0.29) is 11.1 Å². The van der Waals surface area contributed by atoms with Gasteiger partial charge in [-0.1, -0.05) is 6.07 Å². The number of alkyl halides is 3. The second kappa shape index (κ2) is 7.26. The first-order valence-electron chi connectivity index (χ1n) is 8.32. The largest absolute Gasteiger partial charge is 0.416 e. The number of amides is 1. The van der Waals surface area contributed by atoms with E-state index in [1.54, 1.807) is 13.0 Å². The van der Waals surface area contributed by atoms with Crippen molar-refractivity contribution in [2.45, 2.75) is 19.5 Å². The molecule has 2 aromatic carbocycles. The SMILES string of the molecule is Cc1cc2cc(CCNC(=O)c3ccc(C(F)(F)F)cc3)ccc2[nH]c1=O. The van der Waals surface area contributed by atoms with Crippen LogP contribution in [-0.4, -0.2) is 17.4 Å². The molecule has 0 bridgehead atoms. The summed E-state index contributed by atoms with van der Waals surface area (Å²) in [7, 11) is 0. The third-order valence-electron chi connectivity index (χ3n) is 4.27. The number of fused-ring (bicyclic) bond motifs is 1. The molecule has 1 amide bonds. The van der Waals surface area contributed by atoms with E-state index in [9.17, 15) is 22.8 Å². The van der Waals surface area contributed by atoms with Crippen molar-refractivity contribution in [1.29, 1.82) is 0 Å². The van der Waals surface area contributed by atoms with Gasteiger partial charge in [-0.3, -0.25) is 9.59 Å². The molecule has 4 nitrogen and oxygen atoms in total. The highest BCUT2D eigenvalue weighted by molar-refractivity contribution is 5.94. The van der Waals surface area contributed by atoms with Crippen LogP contribution in [0.25, 0.3) is 10.9 Å². The minimum Gasteiger partial charge on any atom is -0.352 e. The number of aromatic amines is 1. The number of benzene rings is 2. The number of halogens is 3. The summed E-state index contributed by atoms with van der Waals surface area (Å²) in [4.78, 5) is 26.5. The summed E-state index contributed by atoms with van der Waals surface area (Å²) in [6.45, 7) is 2.07. The molecule has 0 unspecified atom stereocenters. The fourth-order valence-corrected chi connectivity index (χ4v) is 2.75. The van der Waals surface area contributed by atoms with Crippen molar-refractivity contribution in [3.8, 4) is 0 Å². The smallest absolute Gasteiger partial charge is 0.352 e. The van der Waals surface area contributed by atoms with E-state index in [0.717, 1.165) is 40.7 Å². The molecule has 0 aliphatic rings. The zero-order valence-corrected chi connectivity index (χ0v) is 14.5. The second-order valence-electron chi connectivity index (χ2n) is 6.28. The lowest BCUT2D eigenvalue weighted by atomic mass is 10.1. The average molecular weight is 374 g/mol. The molecule has 3 aromatic rings. The molecule has 3 rings (SSSR count). The Kier molecular flexibility index (Phi) is 5.03. The van der Waals surface area contributed by atoms with Crippen LogP contribution in [0.1, 0.15) is 27.0 Å². The summed E-state index contributed by atoms with van der Waals surface area (Å²) < 4.78 is 37.6. The Labute approximate surface area is 153 Å². The highest BCUT2D eigenvalue weighted by Crippen LogP contribution is 2.29. The van der Waals surface area contributed by atoms with Crippen LogP contribution in [-0.2, 0) is 12.6 Å². The molecule has 0 spiro atoms. The highest BCUT2D eigenvalue weighted by atomic mass is 19.4. The van der Waals surface area contributed by atoms with Gasteiger partial charge in [0.1, 0.15) is 0 Å². The maximum Gasteiger partial charge on any atom is 0.416 e.